The van der Waals surface area contributed by atoms with Gasteiger partial charge in [0.15, 0.2) is 27.9 Å². The van der Waals surface area contributed by atoms with Crippen LogP contribution in [-0.2, 0) is 26.0 Å². The molecule has 0 saturated carbocycles. The van der Waals surface area contributed by atoms with Crippen molar-refractivity contribution in [3.05, 3.63) is 53.4 Å². The minimum absolute atomic E-state index is 0.0501. The van der Waals surface area contributed by atoms with Gasteiger partial charge in [-0.2, -0.15) is 4.98 Å². The van der Waals surface area contributed by atoms with Crippen molar-refractivity contribution in [2.24, 2.45) is 0 Å². The zero-order chi connectivity index (χ0) is 21.8. The Morgan fingerprint density at radius 1 is 1.06 bits per heavy atom. The van der Waals surface area contributed by atoms with Crippen molar-refractivity contribution in [3.63, 3.8) is 0 Å². The lowest BCUT2D eigenvalue weighted by atomic mass is 10.2. The molecule has 0 aliphatic carbocycles. The Kier molecular flexibility index (Phi) is 6.10. The molecule has 1 aliphatic rings. The first-order valence-corrected chi connectivity index (χ1v) is 11.3. The molecule has 0 unspecified atom stereocenters. The molecule has 0 spiro atoms. The van der Waals surface area contributed by atoms with E-state index in [0.717, 1.165) is 0 Å². The highest BCUT2D eigenvalue weighted by Gasteiger charge is 2.21. The van der Waals surface area contributed by atoms with Gasteiger partial charge in [-0.1, -0.05) is 16.8 Å². The van der Waals surface area contributed by atoms with Crippen LogP contribution < -0.4 is 9.47 Å². The minimum atomic E-state index is -3.71. The molecule has 162 valence electrons. The number of esters is 1. The summed E-state index contributed by atoms with van der Waals surface area (Å²) in [4.78, 5) is 16.2. The van der Waals surface area contributed by atoms with Gasteiger partial charge in [-0.05, 0) is 36.4 Å². The van der Waals surface area contributed by atoms with E-state index in [9.17, 15) is 13.2 Å². The van der Waals surface area contributed by atoms with Crippen LogP contribution in [0.25, 0.3) is 11.4 Å². The lowest BCUT2D eigenvalue weighted by Gasteiger charge is -2.18. The maximum atomic E-state index is 12.5. The standard InChI is InChI=1S/C20H17ClN2O7S/c21-14-3-1-13(2-4-14)20-22-18(30-23-20)12-29-19(24)7-10-31(25,26)15-5-6-16-17(11-15)28-9-8-27-16/h1-6,11H,7-10,12H2. The molecule has 0 saturated heterocycles. The number of carbonyl (C=O) groups excluding carboxylic acids is 1. The molecule has 4 rings (SSSR count). The monoisotopic (exact) mass is 464 g/mol. The van der Waals surface area contributed by atoms with E-state index in [1.54, 1.807) is 24.3 Å². The maximum absolute atomic E-state index is 12.5. The molecule has 0 bridgehead atoms. The third-order valence-corrected chi connectivity index (χ3v) is 6.34. The van der Waals surface area contributed by atoms with E-state index in [1.807, 2.05) is 0 Å². The molecule has 0 fully saturated rings. The van der Waals surface area contributed by atoms with E-state index in [2.05, 4.69) is 10.1 Å². The van der Waals surface area contributed by atoms with Crippen LogP contribution in [0.15, 0.2) is 51.9 Å². The van der Waals surface area contributed by atoms with Crippen molar-refractivity contribution in [1.82, 2.24) is 10.1 Å². The van der Waals surface area contributed by atoms with Crippen LogP contribution in [0.3, 0.4) is 0 Å². The summed E-state index contributed by atoms with van der Waals surface area (Å²) in [5, 5.41) is 4.39. The Balaban J connectivity index is 1.31. The van der Waals surface area contributed by atoms with Crippen molar-refractivity contribution < 1.29 is 31.9 Å². The Labute approximate surface area is 182 Å². The van der Waals surface area contributed by atoms with Gasteiger partial charge in [-0.3, -0.25) is 4.79 Å². The zero-order valence-electron chi connectivity index (χ0n) is 16.1. The van der Waals surface area contributed by atoms with E-state index in [-0.39, 0.29) is 23.8 Å². The predicted molar refractivity (Wildman–Crippen MR) is 109 cm³/mol. The number of hydrogen-bond donors (Lipinski definition) is 0. The summed E-state index contributed by atoms with van der Waals surface area (Å²) in [6, 6.07) is 11.2. The van der Waals surface area contributed by atoms with Crippen LogP contribution in [0.5, 0.6) is 11.5 Å². The number of ether oxygens (including phenoxy) is 3. The third-order valence-electron chi connectivity index (χ3n) is 4.37. The molecule has 9 nitrogen and oxygen atoms in total. The van der Waals surface area contributed by atoms with Crippen molar-refractivity contribution in [1.29, 1.82) is 0 Å². The summed E-state index contributed by atoms with van der Waals surface area (Å²) in [5.41, 5.74) is 0.691. The van der Waals surface area contributed by atoms with Crippen LogP contribution in [0.4, 0.5) is 0 Å². The van der Waals surface area contributed by atoms with Gasteiger partial charge in [0.05, 0.1) is 17.1 Å². The van der Waals surface area contributed by atoms with Crippen molar-refractivity contribution in [2.75, 3.05) is 19.0 Å². The van der Waals surface area contributed by atoms with Gasteiger partial charge in [0.1, 0.15) is 13.2 Å². The smallest absolute Gasteiger partial charge is 0.307 e. The van der Waals surface area contributed by atoms with Gasteiger partial charge in [0.25, 0.3) is 5.89 Å². The summed E-state index contributed by atoms with van der Waals surface area (Å²) in [6.07, 6.45) is -0.324. The minimum Gasteiger partial charge on any atom is -0.486 e. The predicted octanol–water partition coefficient (Wildman–Crippen LogP) is 3.07. The molecule has 0 radical (unpaired) electrons. The molecule has 3 aromatic rings. The fraction of sp³-hybridized carbons (Fsp3) is 0.250. The SMILES string of the molecule is O=C(CCS(=O)(=O)c1ccc2c(c1)OCCO2)OCc1nc(-c2ccc(Cl)cc2)no1. The second kappa shape index (κ2) is 8.94. The molecule has 2 heterocycles. The van der Waals surface area contributed by atoms with Gasteiger partial charge in [-0.15, -0.1) is 0 Å². The van der Waals surface area contributed by atoms with Gasteiger partial charge in [-0.25, -0.2) is 8.42 Å². The average molecular weight is 465 g/mol. The molecule has 0 N–H and O–H groups in total. The van der Waals surface area contributed by atoms with E-state index >= 15 is 0 Å². The first-order chi connectivity index (χ1) is 14.9. The van der Waals surface area contributed by atoms with Gasteiger partial charge >= 0.3 is 5.97 Å². The van der Waals surface area contributed by atoms with Crippen LogP contribution in [0.1, 0.15) is 12.3 Å². The molecule has 2 aromatic carbocycles. The molecule has 0 atom stereocenters. The molecule has 0 amide bonds. The Hall–Kier alpha value is -3.11. The summed E-state index contributed by atoms with van der Waals surface area (Å²) < 4.78 is 45.9. The lowest BCUT2D eigenvalue weighted by Crippen LogP contribution is -2.17. The Bertz CT molecular complexity index is 1190. The number of halogens is 1. The van der Waals surface area contributed by atoms with Crippen LogP contribution >= 0.6 is 11.6 Å². The molecule has 31 heavy (non-hydrogen) atoms. The van der Waals surface area contributed by atoms with E-state index in [4.69, 9.17) is 30.3 Å². The summed E-state index contributed by atoms with van der Waals surface area (Å²) in [5.74, 6) is 0.153. The molecule has 11 heteroatoms. The molecule has 1 aromatic heterocycles. The lowest BCUT2D eigenvalue weighted by molar-refractivity contribution is -0.145. The van der Waals surface area contributed by atoms with Gasteiger partial charge in [0, 0.05) is 16.7 Å². The largest absolute Gasteiger partial charge is 0.486 e. The summed E-state index contributed by atoms with van der Waals surface area (Å²) >= 11 is 5.84. The quantitative estimate of drug-likeness (QED) is 0.486. The summed E-state index contributed by atoms with van der Waals surface area (Å²) in [7, 11) is -3.71. The van der Waals surface area contributed by atoms with Gasteiger partial charge < -0.3 is 18.7 Å². The fourth-order valence-electron chi connectivity index (χ4n) is 2.80. The topological polar surface area (TPSA) is 118 Å². The number of aromatic nitrogens is 2. The van der Waals surface area contributed by atoms with Crippen LogP contribution in [0.2, 0.25) is 5.02 Å². The first kappa shape index (κ1) is 21.1. The maximum Gasteiger partial charge on any atom is 0.307 e. The number of fused-ring (bicyclic) bond motifs is 1. The van der Waals surface area contributed by atoms with Gasteiger partial charge in [0.2, 0.25) is 5.82 Å². The molecule has 1 aliphatic heterocycles. The fourth-order valence-corrected chi connectivity index (χ4v) is 4.16. The number of benzene rings is 2. The molecular weight excluding hydrogens is 448 g/mol. The highest BCUT2D eigenvalue weighted by atomic mass is 35.5. The number of carbonyl (C=O) groups is 1. The number of sulfone groups is 1. The van der Waals surface area contributed by atoms with E-state index < -0.39 is 21.6 Å². The van der Waals surface area contributed by atoms with Crippen molar-refractivity contribution in [2.45, 2.75) is 17.9 Å². The zero-order valence-corrected chi connectivity index (χ0v) is 17.7. The van der Waals surface area contributed by atoms with Crippen LogP contribution in [-0.4, -0.2) is 43.5 Å². The normalized spacial score (nSPS) is 13.1. The third kappa shape index (κ3) is 5.15. The Morgan fingerprint density at radius 3 is 2.58 bits per heavy atom. The number of rotatable bonds is 7. The number of hydrogen-bond acceptors (Lipinski definition) is 9. The first-order valence-electron chi connectivity index (χ1n) is 9.27. The van der Waals surface area contributed by atoms with E-state index in [0.29, 0.717) is 41.1 Å². The second-order valence-corrected chi connectivity index (χ2v) is 9.10. The highest BCUT2D eigenvalue weighted by molar-refractivity contribution is 7.91. The van der Waals surface area contributed by atoms with E-state index in [1.165, 1.54) is 18.2 Å². The van der Waals surface area contributed by atoms with Crippen LogP contribution in [0, 0.1) is 0 Å². The molecular formula is C20H17ClN2O7S. The second-order valence-electron chi connectivity index (χ2n) is 6.55. The highest BCUT2D eigenvalue weighted by Crippen LogP contribution is 2.32. The Morgan fingerprint density at radius 2 is 1.81 bits per heavy atom. The average Bonchev–Trinajstić information content (AvgIpc) is 3.25. The number of nitrogens with zero attached hydrogens (tertiary/aromatic N) is 2. The van der Waals surface area contributed by atoms with Crippen molar-refractivity contribution in [3.8, 4) is 22.9 Å². The van der Waals surface area contributed by atoms with Crippen molar-refractivity contribution >= 4 is 27.4 Å². The summed E-state index contributed by atoms with van der Waals surface area (Å²) in [6.45, 7) is 0.494.